The van der Waals surface area contributed by atoms with Crippen LogP contribution in [0, 0.1) is 0 Å². The van der Waals surface area contributed by atoms with E-state index in [2.05, 4.69) is 65.7 Å². The smallest absolute Gasteiger partial charge is 0.191 e. The number of aliphatic imine (C=N–C) groups is 1. The fraction of sp³-hybridized carbons (Fsp3) is 0.545. The maximum absolute atomic E-state index is 5.49. The van der Waals surface area contributed by atoms with Crippen LogP contribution in [0.4, 0.5) is 0 Å². The van der Waals surface area contributed by atoms with E-state index in [0.29, 0.717) is 6.54 Å². The van der Waals surface area contributed by atoms with Crippen molar-refractivity contribution in [2.75, 3.05) is 39.4 Å². The van der Waals surface area contributed by atoms with Gasteiger partial charge >= 0.3 is 0 Å². The standard InChI is InChI=1S/C22H34N6O/c1-4-23-21(25-18-22(2,3)27-12-14-29-15-13-27)24-16-19-8-5-6-9-20(19)17-28-11-7-10-26-28/h5-11H,4,12-18H2,1-3H3,(H2,23,24,25). The Kier molecular flexibility index (Phi) is 7.66. The van der Waals surface area contributed by atoms with Crippen LogP contribution in [-0.4, -0.2) is 65.6 Å². The van der Waals surface area contributed by atoms with Crippen molar-refractivity contribution in [3.8, 4) is 0 Å². The zero-order chi connectivity index (χ0) is 20.5. The van der Waals surface area contributed by atoms with Gasteiger partial charge in [-0.05, 0) is 38.0 Å². The van der Waals surface area contributed by atoms with Gasteiger partial charge in [0.2, 0.25) is 0 Å². The molecule has 7 nitrogen and oxygen atoms in total. The summed E-state index contributed by atoms with van der Waals surface area (Å²) < 4.78 is 7.43. The molecule has 29 heavy (non-hydrogen) atoms. The lowest BCUT2D eigenvalue weighted by molar-refractivity contribution is -0.00834. The zero-order valence-corrected chi connectivity index (χ0v) is 17.9. The Bertz CT molecular complexity index is 765. The lowest BCUT2D eigenvalue weighted by atomic mass is 10.0. The van der Waals surface area contributed by atoms with Crippen LogP contribution in [0.3, 0.4) is 0 Å². The van der Waals surface area contributed by atoms with Crippen LogP contribution in [-0.2, 0) is 17.8 Å². The fourth-order valence-electron chi connectivity index (χ4n) is 3.52. The van der Waals surface area contributed by atoms with Gasteiger partial charge in [0.1, 0.15) is 0 Å². The fourth-order valence-corrected chi connectivity index (χ4v) is 3.52. The molecule has 0 aliphatic carbocycles. The number of benzene rings is 1. The van der Waals surface area contributed by atoms with E-state index in [1.165, 1.54) is 11.1 Å². The van der Waals surface area contributed by atoms with Gasteiger partial charge < -0.3 is 15.4 Å². The predicted octanol–water partition coefficient (Wildman–Crippen LogP) is 2.10. The highest BCUT2D eigenvalue weighted by atomic mass is 16.5. The molecule has 158 valence electrons. The van der Waals surface area contributed by atoms with E-state index in [0.717, 1.165) is 51.9 Å². The first kappa shape index (κ1) is 21.3. The van der Waals surface area contributed by atoms with Crippen LogP contribution < -0.4 is 10.6 Å². The van der Waals surface area contributed by atoms with Crippen molar-refractivity contribution < 1.29 is 4.74 Å². The molecule has 0 spiro atoms. The highest BCUT2D eigenvalue weighted by Crippen LogP contribution is 2.15. The number of morpholine rings is 1. The van der Waals surface area contributed by atoms with Crippen molar-refractivity contribution in [1.29, 1.82) is 0 Å². The van der Waals surface area contributed by atoms with E-state index in [1.807, 2.05) is 23.1 Å². The number of guanidine groups is 1. The predicted molar refractivity (Wildman–Crippen MR) is 117 cm³/mol. The van der Waals surface area contributed by atoms with Crippen LogP contribution in [0.15, 0.2) is 47.7 Å². The Labute approximate surface area is 174 Å². The quantitative estimate of drug-likeness (QED) is 0.527. The van der Waals surface area contributed by atoms with Crippen molar-refractivity contribution >= 4 is 5.96 Å². The molecule has 1 fully saturated rings. The third-order valence-corrected chi connectivity index (χ3v) is 5.32. The summed E-state index contributed by atoms with van der Waals surface area (Å²) in [4.78, 5) is 7.32. The molecule has 1 aliphatic rings. The molecule has 1 aliphatic heterocycles. The van der Waals surface area contributed by atoms with E-state index >= 15 is 0 Å². The van der Waals surface area contributed by atoms with Crippen molar-refractivity contribution in [1.82, 2.24) is 25.3 Å². The van der Waals surface area contributed by atoms with Crippen molar-refractivity contribution in [2.24, 2.45) is 4.99 Å². The maximum Gasteiger partial charge on any atom is 0.191 e. The minimum Gasteiger partial charge on any atom is -0.379 e. The minimum absolute atomic E-state index is 0.0397. The van der Waals surface area contributed by atoms with Crippen molar-refractivity contribution in [3.05, 3.63) is 53.9 Å². The molecule has 0 atom stereocenters. The van der Waals surface area contributed by atoms with Crippen LogP contribution in [0.1, 0.15) is 31.9 Å². The minimum atomic E-state index is 0.0397. The van der Waals surface area contributed by atoms with Crippen LogP contribution in [0.5, 0.6) is 0 Å². The molecule has 2 N–H and O–H groups in total. The Balaban J connectivity index is 1.63. The summed E-state index contributed by atoms with van der Waals surface area (Å²) in [5.74, 6) is 0.850. The first-order valence-corrected chi connectivity index (χ1v) is 10.5. The molecule has 7 heteroatoms. The number of nitrogens with one attached hydrogen (secondary N) is 2. The molecule has 0 amide bonds. The van der Waals surface area contributed by atoms with E-state index < -0.39 is 0 Å². The molecule has 0 saturated carbocycles. The number of nitrogens with zero attached hydrogens (tertiary/aromatic N) is 4. The van der Waals surface area contributed by atoms with Gasteiger partial charge in [0, 0.05) is 44.1 Å². The molecular formula is C22H34N6O. The van der Waals surface area contributed by atoms with E-state index in [1.54, 1.807) is 0 Å². The largest absolute Gasteiger partial charge is 0.379 e. The monoisotopic (exact) mass is 398 g/mol. The number of rotatable bonds is 8. The normalized spacial score (nSPS) is 16.0. The molecule has 1 aromatic heterocycles. The summed E-state index contributed by atoms with van der Waals surface area (Å²) in [5, 5.41) is 11.2. The van der Waals surface area contributed by atoms with Gasteiger partial charge in [-0.3, -0.25) is 9.58 Å². The van der Waals surface area contributed by atoms with Gasteiger partial charge in [-0.25, -0.2) is 4.99 Å². The summed E-state index contributed by atoms with van der Waals surface area (Å²) in [6, 6.07) is 10.4. The highest BCUT2D eigenvalue weighted by molar-refractivity contribution is 5.79. The molecule has 0 unspecified atom stereocenters. The molecule has 0 bridgehead atoms. The summed E-state index contributed by atoms with van der Waals surface area (Å²) >= 11 is 0. The van der Waals surface area contributed by atoms with E-state index in [-0.39, 0.29) is 5.54 Å². The molecule has 2 aromatic rings. The molecule has 2 heterocycles. The molecule has 1 saturated heterocycles. The second kappa shape index (κ2) is 10.4. The molecular weight excluding hydrogens is 364 g/mol. The molecule has 1 aromatic carbocycles. The van der Waals surface area contributed by atoms with E-state index in [4.69, 9.17) is 9.73 Å². The third kappa shape index (κ3) is 6.30. The topological polar surface area (TPSA) is 66.7 Å². The Morgan fingerprint density at radius 1 is 1.14 bits per heavy atom. The van der Waals surface area contributed by atoms with Crippen LogP contribution in [0.25, 0.3) is 0 Å². The Morgan fingerprint density at radius 2 is 1.90 bits per heavy atom. The Hall–Kier alpha value is -2.38. The average molecular weight is 399 g/mol. The number of hydrogen-bond donors (Lipinski definition) is 2. The number of hydrogen-bond acceptors (Lipinski definition) is 4. The first-order valence-electron chi connectivity index (χ1n) is 10.5. The van der Waals surface area contributed by atoms with Gasteiger partial charge in [0.25, 0.3) is 0 Å². The lowest BCUT2D eigenvalue weighted by Crippen LogP contribution is -2.56. The summed E-state index contributed by atoms with van der Waals surface area (Å²) in [6.45, 7) is 13.3. The van der Waals surface area contributed by atoms with Crippen LogP contribution >= 0.6 is 0 Å². The summed E-state index contributed by atoms with van der Waals surface area (Å²) in [6.07, 6.45) is 3.80. The SMILES string of the molecule is CCNC(=NCc1ccccc1Cn1cccn1)NCC(C)(C)N1CCOCC1. The maximum atomic E-state index is 5.49. The molecule has 0 radical (unpaired) electrons. The highest BCUT2D eigenvalue weighted by Gasteiger charge is 2.28. The summed E-state index contributed by atoms with van der Waals surface area (Å²) in [7, 11) is 0. The van der Waals surface area contributed by atoms with Gasteiger partial charge in [-0.15, -0.1) is 0 Å². The van der Waals surface area contributed by atoms with Crippen molar-refractivity contribution in [3.63, 3.8) is 0 Å². The average Bonchev–Trinajstić information content (AvgIpc) is 3.25. The summed E-state index contributed by atoms with van der Waals surface area (Å²) in [5.41, 5.74) is 2.50. The first-order chi connectivity index (χ1) is 14.1. The molecule has 3 rings (SSSR count). The number of ether oxygens (including phenoxy) is 1. The van der Waals surface area contributed by atoms with Gasteiger partial charge in [-0.1, -0.05) is 24.3 Å². The lowest BCUT2D eigenvalue weighted by Gasteiger charge is -2.41. The van der Waals surface area contributed by atoms with E-state index in [9.17, 15) is 0 Å². The zero-order valence-electron chi connectivity index (χ0n) is 17.9. The van der Waals surface area contributed by atoms with Gasteiger partial charge in [-0.2, -0.15) is 5.10 Å². The second-order valence-electron chi connectivity index (χ2n) is 7.93. The van der Waals surface area contributed by atoms with Gasteiger partial charge in [0.05, 0.1) is 26.3 Å². The van der Waals surface area contributed by atoms with Gasteiger partial charge in [0.15, 0.2) is 5.96 Å². The second-order valence-corrected chi connectivity index (χ2v) is 7.93. The van der Waals surface area contributed by atoms with Crippen LogP contribution in [0.2, 0.25) is 0 Å². The Morgan fingerprint density at radius 3 is 2.59 bits per heavy atom. The van der Waals surface area contributed by atoms with Crippen molar-refractivity contribution in [2.45, 2.75) is 39.4 Å². The number of aromatic nitrogens is 2. The third-order valence-electron chi connectivity index (χ3n) is 5.32.